The molecule has 0 bridgehead atoms. The third-order valence-corrected chi connectivity index (χ3v) is 4.00. The lowest BCUT2D eigenvalue weighted by atomic mass is 9.73. The van der Waals surface area contributed by atoms with Gasteiger partial charge in [-0.25, -0.2) is 0 Å². The zero-order chi connectivity index (χ0) is 10.9. The summed E-state index contributed by atoms with van der Waals surface area (Å²) in [5.41, 5.74) is 0.703. The van der Waals surface area contributed by atoms with E-state index in [-0.39, 0.29) is 5.60 Å². The maximum Gasteiger partial charge on any atom is 0.0631 e. The van der Waals surface area contributed by atoms with Crippen LogP contribution in [0.5, 0.6) is 0 Å². The molecule has 2 aliphatic rings. The van der Waals surface area contributed by atoms with Gasteiger partial charge in [0.05, 0.1) is 11.7 Å². The van der Waals surface area contributed by atoms with Crippen molar-refractivity contribution in [1.82, 2.24) is 5.32 Å². The third-order valence-electron chi connectivity index (χ3n) is 4.00. The van der Waals surface area contributed by atoms with Crippen LogP contribution in [0.1, 0.15) is 52.9 Å². The predicted octanol–water partition coefficient (Wildman–Crippen LogP) is 2.72. The molecule has 1 atom stereocenters. The minimum atomic E-state index is 0.134. The molecule has 1 N–H and O–H groups in total. The summed E-state index contributed by atoms with van der Waals surface area (Å²) >= 11 is 0. The van der Waals surface area contributed by atoms with Crippen molar-refractivity contribution < 1.29 is 4.74 Å². The molecule has 0 aromatic heterocycles. The summed E-state index contributed by atoms with van der Waals surface area (Å²) in [5, 5.41) is 3.43. The van der Waals surface area contributed by atoms with Gasteiger partial charge in [0, 0.05) is 13.1 Å². The van der Waals surface area contributed by atoms with Gasteiger partial charge < -0.3 is 10.1 Å². The van der Waals surface area contributed by atoms with Crippen molar-refractivity contribution in [1.29, 1.82) is 0 Å². The topological polar surface area (TPSA) is 21.3 Å². The second-order valence-corrected chi connectivity index (χ2v) is 6.10. The minimum absolute atomic E-state index is 0.134. The van der Waals surface area contributed by atoms with E-state index in [9.17, 15) is 0 Å². The first-order chi connectivity index (χ1) is 7.05. The predicted molar refractivity (Wildman–Crippen MR) is 63.0 cm³/mol. The first-order valence-electron chi connectivity index (χ1n) is 6.44. The van der Waals surface area contributed by atoms with Crippen molar-refractivity contribution in [2.45, 2.75) is 64.6 Å². The Morgan fingerprint density at radius 1 is 1.33 bits per heavy atom. The molecular weight excluding hydrogens is 186 g/mol. The molecular formula is C13H25NO. The fourth-order valence-corrected chi connectivity index (χ4v) is 3.14. The SMILES string of the molecule is CCCC1(CC2CCC(C)(C)O2)CNC1. The van der Waals surface area contributed by atoms with Crippen molar-refractivity contribution in [3.05, 3.63) is 0 Å². The molecule has 0 aliphatic carbocycles. The molecule has 0 aromatic rings. The molecule has 2 heterocycles. The van der Waals surface area contributed by atoms with Crippen LogP contribution in [0.25, 0.3) is 0 Å². The highest BCUT2D eigenvalue weighted by Crippen LogP contribution is 2.40. The average Bonchev–Trinajstić information content (AvgIpc) is 2.42. The first kappa shape index (κ1) is 11.4. The molecule has 2 heteroatoms. The van der Waals surface area contributed by atoms with Crippen LogP contribution >= 0.6 is 0 Å². The molecule has 0 saturated carbocycles. The van der Waals surface area contributed by atoms with E-state index in [1.807, 2.05) is 0 Å². The summed E-state index contributed by atoms with van der Waals surface area (Å²) in [5.74, 6) is 0. The van der Waals surface area contributed by atoms with Crippen molar-refractivity contribution >= 4 is 0 Å². The Kier molecular flexibility index (Phi) is 3.09. The van der Waals surface area contributed by atoms with Gasteiger partial charge in [0.15, 0.2) is 0 Å². The van der Waals surface area contributed by atoms with E-state index in [1.54, 1.807) is 0 Å². The van der Waals surface area contributed by atoms with Crippen LogP contribution in [-0.2, 0) is 4.74 Å². The van der Waals surface area contributed by atoms with E-state index in [4.69, 9.17) is 4.74 Å². The van der Waals surface area contributed by atoms with Crippen LogP contribution in [0, 0.1) is 5.41 Å². The summed E-state index contributed by atoms with van der Waals surface area (Å²) in [4.78, 5) is 0. The summed E-state index contributed by atoms with van der Waals surface area (Å²) in [7, 11) is 0. The number of hydrogen-bond acceptors (Lipinski definition) is 2. The maximum absolute atomic E-state index is 6.10. The molecule has 15 heavy (non-hydrogen) atoms. The molecule has 2 fully saturated rings. The molecule has 2 saturated heterocycles. The average molecular weight is 211 g/mol. The van der Waals surface area contributed by atoms with Gasteiger partial charge in [-0.15, -0.1) is 0 Å². The maximum atomic E-state index is 6.10. The van der Waals surface area contributed by atoms with Crippen molar-refractivity contribution in [3.63, 3.8) is 0 Å². The zero-order valence-corrected chi connectivity index (χ0v) is 10.4. The molecule has 0 radical (unpaired) electrons. The smallest absolute Gasteiger partial charge is 0.0631 e. The quantitative estimate of drug-likeness (QED) is 0.772. The van der Waals surface area contributed by atoms with E-state index in [0.29, 0.717) is 11.5 Å². The second-order valence-electron chi connectivity index (χ2n) is 6.10. The highest BCUT2D eigenvalue weighted by atomic mass is 16.5. The van der Waals surface area contributed by atoms with Crippen LogP contribution in [0.2, 0.25) is 0 Å². The molecule has 1 unspecified atom stereocenters. The Hall–Kier alpha value is -0.0800. The number of ether oxygens (including phenoxy) is 1. The zero-order valence-electron chi connectivity index (χ0n) is 10.4. The summed E-state index contributed by atoms with van der Waals surface area (Å²) < 4.78 is 6.10. The summed E-state index contributed by atoms with van der Waals surface area (Å²) in [6, 6.07) is 0. The Balaban J connectivity index is 1.86. The van der Waals surface area contributed by atoms with Crippen LogP contribution in [0.4, 0.5) is 0 Å². The number of rotatable bonds is 4. The number of nitrogens with one attached hydrogen (secondary N) is 1. The molecule has 0 spiro atoms. The first-order valence-corrected chi connectivity index (χ1v) is 6.44. The largest absolute Gasteiger partial charge is 0.372 e. The Morgan fingerprint density at radius 3 is 2.47 bits per heavy atom. The fraction of sp³-hybridized carbons (Fsp3) is 1.00. The van der Waals surface area contributed by atoms with Gasteiger partial charge >= 0.3 is 0 Å². The van der Waals surface area contributed by atoms with Gasteiger partial charge in [-0.05, 0) is 44.9 Å². The van der Waals surface area contributed by atoms with Gasteiger partial charge in [-0.3, -0.25) is 0 Å². The highest BCUT2D eigenvalue weighted by molar-refractivity contribution is 4.95. The van der Waals surface area contributed by atoms with E-state index in [2.05, 4.69) is 26.1 Å². The standard InChI is InChI=1S/C13H25NO/c1-4-6-13(9-14-10-13)8-11-5-7-12(2,3)15-11/h11,14H,4-10H2,1-3H3. The Labute approximate surface area is 93.8 Å². The van der Waals surface area contributed by atoms with Crippen molar-refractivity contribution in [3.8, 4) is 0 Å². The molecule has 88 valence electrons. The molecule has 2 aliphatic heterocycles. The van der Waals surface area contributed by atoms with E-state index < -0.39 is 0 Å². The van der Waals surface area contributed by atoms with Gasteiger partial charge in [-0.1, -0.05) is 13.3 Å². The molecule has 2 nitrogen and oxygen atoms in total. The van der Waals surface area contributed by atoms with Crippen molar-refractivity contribution in [2.24, 2.45) is 5.41 Å². The van der Waals surface area contributed by atoms with E-state index in [1.165, 1.54) is 45.2 Å². The highest BCUT2D eigenvalue weighted by Gasteiger charge is 2.41. The Bertz CT molecular complexity index is 221. The molecule has 0 aromatic carbocycles. The lowest BCUT2D eigenvalue weighted by Gasteiger charge is -2.44. The second kappa shape index (κ2) is 4.06. The number of hydrogen-bond donors (Lipinski definition) is 1. The lowest BCUT2D eigenvalue weighted by molar-refractivity contribution is -0.0454. The van der Waals surface area contributed by atoms with Gasteiger partial charge in [-0.2, -0.15) is 0 Å². The third kappa shape index (κ3) is 2.54. The fourth-order valence-electron chi connectivity index (χ4n) is 3.14. The Morgan fingerprint density at radius 2 is 2.07 bits per heavy atom. The molecule has 0 amide bonds. The van der Waals surface area contributed by atoms with Crippen molar-refractivity contribution in [2.75, 3.05) is 13.1 Å². The monoisotopic (exact) mass is 211 g/mol. The van der Waals surface area contributed by atoms with Crippen LogP contribution < -0.4 is 5.32 Å². The summed E-state index contributed by atoms with van der Waals surface area (Å²) in [6.45, 7) is 9.15. The molecule has 2 rings (SSSR count). The lowest BCUT2D eigenvalue weighted by Crippen LogP contribution is -2.54. The van der Waals surface area contributed by atoms with Gasteiger partial charge in [0.2, 0.25) is 0 Å². The minimum Gasteiger partial charge on any atom is -0.372 e. The normalized spacial score (nSPS) is 32.6. The van der Waals surface area contributed by atoms with Crippen LogP contribution in [0.15, 0.2) is 0 Å². The van der Waals surface area contributed by atoms with Gasteiger partial charge in [0.1, 0.15) is 0 Å². The summed E-state index contributed by atoms with van der Waals surface area (Å²) in [6.07, 6.45) is 6.95. The van der Waals surface area contributed by atoms with Gasteiger partial charge in [0.25, 0.3) is 0 Å². The van der Waals surface area contributed by atoms with Crippen LogP contribution in [0.3, 0.4) is 0 Å². The van der Waals surface area contributed by atoms with Crippen LogP contribution in [-0.4, -0.2) is 24.8 Å². The van der Waals surface area contributed by atoms with E-state index >= 15 is 0 Å². The van der Waals surface area contributed by atoms with E-state index in [0.717, 1.165) is 0 Å².